The summed E-state index contributed by atoms with van der Waals surface area (Å²) in [6, 6.07) is 5.91. The van der Waals surface area contributed by atoms with Crippen molar-refractivity contribution in [3.05, 3.63) is 23.2 Å². The zero-order valence-corrected chi connectivity index (χ0v) is 12.9. The van der Waals surface area contributed by atoms with E-state index in [1.54, 1.807) is 6.07 Å². The largest absolute Gasteiger partial charge is 0.398 e. The Hall–Kier alpha value is -1.62. The average Bonchev–Trinajstić information content (AvgIpc) is 2.85. The Labute approximate surface area is 129 Å². The highest BCUT2D eigenvalue weighted by atomic mass is 35.5. The molecular weight excluding hydrogens is 286 g/mol. The average molecular weight is 306 g/mol. The van der Waals surface area contributed by atoms with Crippen molar-refractivity contribution in [2.24, 2.45) is 5.92 Å². The Balaban J connectivity index is 1.97. The molecule has 1 aliphatic rings. The number of nitrogens with zero attached hydrogens (tertiary/aromatic N) is 4. The third-order valence-corrected chi connectivity index (χ3v) is 4.72. The van der Waals surface area contributed by atoms with E-state index in [0.29, 0.717) is 22.7 Å². The molecule has 2 atom stereocenters. The molecule has 1 aromatic heterocycles. The lowest BCUT2D eigenvalue weighted by Gasteiger charge is -2.22. The van der Waals surface area contributed by atoms with Crippen LogP contribution in [0.5, 0.6) is 0 Å². The minimum atomic E-state index is 0.356. The Morgan fingerprint density at radius 3 is 2.86 bits per heavy atom. The molecule has 0 aliphatic heterocycles. The summed E-state index contributed by atoms with van der Waals surface area (Å²) in [5, 5.41) is 12.9. The maximum atomic E-state index is 5.99. The van der Waals surface area contributed by atoms with Gasteiger partial charge in [-0.2, -0.15) is 0 Å². The smallest absolute Gasteiger partial charge is 0.182 e. The van der Waals surface area contributed by atoms with E-state index in [1.807, 2.05) is 16.8 Å². The standard InChI is InChI=1S/C15H20ClN5/c1-10-5-3-2-4-6-14(10)21-15(18-19-20-21)11-7-8-12(16)13(17)9-11/h7-10,14H,2-6,17H2,1H3. The van der Waals surface area contributed by atoms with Crippen molar-refractivity contribution in [2.45, 2.75) is 45.1 Å². The van der Waals surface area contributed by atoms with Crippen LogP contribution in [-0.4, -0.2) is 20.2 Å². The lowest BCUT2D eigenvalue weighted by Crippen LogP contribution is -2.18. The van der Waals surface area contributed by atoms with E-state index in [4.69, 9.17) is 17.3 Å². The topological polar surface area (TPSA) is 69.6 Å². The fraction of sp³-hybridized carbons (Fsp3) is 0.533. The molecule has 6 heteroatoms. The van der Waals surface area contributed by atoms with Gasteiger partial charge in [0.15, 0.2) is 5.82 Å². The van der Waals surface area contributed by atoms with Gasteiger partial charge in [0.2, 0.25) is 0 Å². The van der Waals surface area contributed by atoms with Crippen LogP contribution < -0.4 is 5.73 Å². The van der Waals surface area contributed by atoms with Gasteiger partial charge in [0.25, 0.3) is 0 Å². The Kier molecular flexibility index (Phi) is 4.10. The Bertz CT molecular complexity index is 624. The van der Waals surface area contributed by atoms with E-state index in [2.05, 4.69) is 22.4 Å². The first kappa shape index (κ1) is 14.3. The van der Waals surface area contributed by atoms with Gasteiger partial charge in [-0.3, -0.25) is 0 Å². The molecule has 1 aromatic carbocycles. The van der Waals surface area contributed by atoms with Gasteiger partial charge in [0.1, 0.15) is 0 Å². The molecule has 1 aliphatic carbocycles. The normalized spacial score (nSPS) is 23.0. The second-order valence-electron chi connectivity index (χ2n) is 5.87. The second kappa shape index (κ2) is 6.02. The summed E-state index contributed by atoms with van der Waals surface area (Å²) in [6.07, 6.45) is 6.18. The number of aromatic nitrogens is 4. The van der Waals surface area contributed by atoms with E-state index in [0.717, 1.165) is 17.8 Å². The van der Waals surface area contributed by atoms with Gasteiger partial charge in [0, 0.05) is 5.56 Å². The monoisotopic (exact) mass is 305 g/mol. The van der Waals surface area contributed by atoms with Crippen molar-refractivity contribution >= 4 is 17.3 Å². The summed E-state index contributed by atoms with van der Waals surface area (Å²) in [7, 11) is 0. The SMILES string of the molecule is CC1CCCCCC1n1nnnc1-c1ccc(Cl)c(N)c1. The van der Waals surface area contributed by atoms with Gasteiger partial charge >= 0.3 is 0 Å². The van der Waals surface area contributed by atoms with Crippen LogP contribution in [0.15, 0.2) is 18.2 Å². The van der Waals surface area contributed by atoms with Crippen molar-refractivity contribution in [3.8, 4) is 11.4 Å². The van der Waals surface area contributed by atoms with Crippen molar-refractivity contribution in [1.82, 2.24) is 20.2 Å². The molecule has 0 radical (unpaired) electrons. The summed E-state index contributed by atoms with van der Waals surface area (Å²) >= 11 is 5.99. The first-order valence-corrected chi connectivity index (χ1v) is 7.88. The van der Waals surface area contributed by atoms with E-state index in [9.17, 15) is 0 Å². The third-order valence-electron chi connectivity index (χ3n) is 4.38. The number of nitrogens with two attached hydrogens (primary N) is 1. The highest BCUT2D eigenvalue weighted by Gasteiger charge is 2.25. The molecule has 1 fully saturated rings. The van der Waals surface area contributed by atoms with E-state index in [-0.39, 0.29) is 0 Å². The molecule has 2 aromatic rings. The number of nitrogen functional groups attached to an aromatic ring is 1. The quantitative estimate of drug-likeness (QED) is 0.678. The van der Waals surface area contributed by atoms with Crippen LogP contribution in [0, 0.1) is 5.92 Å². The molecule has 112 valence electrons. The fourth-order valence-electron chi connectivity index (χ4n) is 3.13. The zero-order chi connectivity index (χ0) is 14.8. The molecule has 0 amide bonds. The minimum Gasteiger partial charge on any atom is -0.398 e. The molecule has 1 saturated carbocycles. The molecule has 2 N–H and O–H groups in total. The third kappa shape index (κ3) is 2.88. The summed E-state index contributed by atoms with van der Waals surface area (Å²) in [6.45, 7) is 2.29. The number of benzene rings is 1. The van der Waals surface area contributed by atoms with Crippen molar-refractivity contribution in [3.63, 3.8) is 0 Å². The lowest BCUT2D eigenvalue weighted by atomic mass is 9.97. The number of hydrogen-bond donors (Lipinski definition) is 1. The number of hydrogen-bond acceptors (Lipinski definition) is 4. The van der Waals surface area contributed by atoms with Crippen LogP contribution in [0.3, 0.4) is 0 Å². The van der Waals surface area contributed by atoms with Gasteiger partial charge in [0.05, 0.1) is 16.8 Å². The van der Waals surface area contributed by atoms with Crippen molar-refractivity contribution < 1.29 is 0 Å². The molecule has 0 spiro atoms. The van der Waals surface area contributed by atoms with E-state index < -0.39 is 0 Å². The predicted molar refractivity (Wildman–Crippen MR) is 84.0 cm³/mol. The summed E-state index contributed by atoms with van der Waals surface area (Å²) < 4.78 is 1.97. The van der Waals surface area contributed by atoms with Gasteiger partial charge in [-0.05, 0) is 47.4 Å². The molecule has 21 heavy (non-hydrogen) atoms. The van der Waals surface area contributed by atoms with Crippen molar-refractivity contribution in [2.75, 3.05) is 5.73 Å². The minimum absolute atomic E-state index is 0.356. The van der Waals surface area contributed by atoms with Crippen LogP contribution in [0.1, 0.15) is 45.1 Å². The maximum absolute atomic E-state index is 5.99. The molecule has 2 unspecified atom stereocenters. The summed E-state index contributed by atoms with van der Waals surface area (Å²) in [5.74, 6) is 1.36. The number of tetrazole rings is 1. The highest BCUT2D eigenvalue weighted by molar-refractivity contribution is 6.33. The lowest BCUT2D eigenvalue weighted by molar-refractivity contribution is 0.306. The van der Waals surface area contributed by atoms with Crippen molar-refractivity contribution in [1.29, 1.82) is 0 Å². The number of rotatable bonds is 2. The molecule has 5 nitrogen and oxygen atoms in total. The van der Waals surface area contributed by atoms with Gasteiger partial charge in [-0.1, -0.05) is 37.8 Å². The Morgan fingerprint density at radius 1 is 1.24 bits per heavy atom. The molecule has 3 rings (SSSR count). The van der Waals surface area contributed by atoms with Gasteiger partial charge in [-0.15, -0.1) is 5.10 Å². The van der Waals surface area contributed by atoms with Crippen LogP contribution in [0.25, 0.3) is 11.4 Å². The number of halogens is 1. The maximum Gasteiger partial charge on any atom is 0.182 e. The van der Waals surface area contributed by atoms with Gasteiger partial charge in [-0.25, -0.2) is 4.68 Å². The fourth-order valence-corrected chi connectivity index (χ4v) is 3.24. The molecule has 0 saturated heterocycles. The van der Waals surface area contributed by atoms with E-state index in [1.165, 1.54) is 25.7 Å². The summed E-state index contributed by atoms with van der Waals surface area (Å²) in [4.78, 5) is 0. The molecule has 1 heterocycles. The van der Waals surface area contributed by atoms with Crippen LogP contribution in [-0.2, 0) is 0 Å². The zero-order valence-electron chi connectivity index (χ0n) is 12.2. The van der Waals surface area contributed by atoms with Gasteiger partial charge < -0.3 is 5.73 Å². The predicted octanol–water partition coefficient (Wildman–Crippen LogP) is 3.72. The number of anilines is 1. The first-order chi connectivity index (χ1) is 10.2. The molecule has 0 bridgehead atoms. The summed E-state index contributed by atoms with van der Waals surface area (Å²) in [5.41, 5.74) is 7.37. The van der Waals surface area contributed by atoms with E-state index >= 15 is 0 Å². The molecular formula is C15H20ClN5. The van der Waals surface area contributed by atoms with Crippen LogP contribution >= 0.6 is 11.6 Å². The van der Waals surface area contributed by atoms with Crippen LogP contribution in [0.2, 0.25) is 5.02 Å². The second-order valence-corrected chi connectivity index (χ2v) is 6.27. The van der Waals surface area contributed by atoms with Crippen LogP contribution in [0.4, 0.5) is 5.69 Å². The Morgan fingerprint density at radius 2 is 2.05 bits per heavy atom. The highest BCUT2D eigenvalue weighted by Crippen LogP contribution is 2.34. The first-order valence-electron chi connectivity index (χ1n) is 7.50.